The van der Waals surface area contributed by atoms with E-state index in [1.165, 1.54) is 19.3 Å². The molecule has 0 spiro atoms. The standard InChI is InChI=1S/C21H28N2O4/c1-15(23-12-5-4-6-13-23)17-10-11-19(27-17)21(24)22-14-16-8-7-9-18(25-2)20(16)26-3/h7-11,15H,4-6,12-14H2,1-3H3,(H,22,24)/t15-/m0/s1. The lowest BCUT2D eigenvalue weighted by molar-refractivity contribution is 0.0913. The van der Waals surface area contributed by atoms with Crippen LogP contribution in [-0.2, 0) is 6.54 Å². The summed E-state index contributed by atoms with van der Waals surface area (Å²) >= 11 is 0. The van der Waals surface area contributed by atoms with Gasteiger partial charge in [0, 0.05) is 12.1 Å². The van der Waals surface area contributed by atoms with Gasteiger partial charge in [0.05, 0.1) is 20.3 Å². The van der Waals surface area contributed by atoms with Gasteiger partial charge < -0.3 is 19.2 Å². The fourth-order valence-electron chi connectivity index (χ4n) is 3.54. The minimum Gasteiger partial charge on any atom is -0.493 e. The molecule has 1 amide bonds. The van der Waals surface area contributed by atoms with Gasteiger partial charge in [-0.25, -0.2) is 0 Å². The summed E-state index contributed by atoms with van der Waals surface area (Å²) in [4.78, 5) is 14.9. The first-order valence-electron chi connectivity index (χ1n) is 9.46. The number of benzene rings is 1. The first-order chi connectivity index (χ1) is 13.1. The van der Waals surface area contributed by atoms with E-state index in [1.54, 1.807) is 20.3 Å². The van der Waals surface area contributed by atoms with Crippen LogP contribution in [0.4, 0.5) is 0 Å². The largest absolute Gasteiger partial charge is 0.493 e. The highest BCUT2D eigenvalue weighted by molar-refractivity contribution is 5.91. The van der Waals surface area contributed by atoms with Crippen LogP contribution in [0, 0.1) is 0 Å². The van der Waals surface area contributed by atoms with E-state index in [4.69, 9.17) is 13.9 Å². The first kappa shape index (κ1) is 19.3. The van der Waals surface area contributed by atoms with Crippen LogP contribution < -0.4 is 14.8 Å². The summed E-state index contributed by atoms with van der Waals surface area (Å²) < 4.78 is 16.5. The fraction of sp³-hybridized carbons (Fsp3) is 0.476. The van der Waals surface area contributed by atoms with Crippen molar-refractivity contribution in [2.24, 2.45) is 0 Å². The average Bonchev–Trinajstić information content (AvgIpc) is 3.22. The Bertz CT molecular complexity index is 765. The van der Waals surface area contributed by atoms with Crippen molar-refractivity contribution in [3.05, 3.63) is 47.4 Å². The predicted molar refractivity (Wildman–Crippen MR) is 103 cm³/mol. The van der Waals surface area contributed by atoms with Crippen LogP contribution in [0.25, 0.3) is 0 Å². The molecule has 3 rings (SSSR count). The van der Waals surface area contributed by atoms with Gasteiger partial charge in [0.15, 0.2) is 17.3 Å². The number of methoxy groups -OCH3 is 2. The summed E-state index contributed by atoms with van der Waals surface area (Å²) in [6.45, 7) is 4.63. The van der Waals surface area contributed by atoms with E-state index in [0.717, 1.165) is 24.4 Å². The zero-order chi connectivity index (χ0) is 19.2. The molecule has 0 radical (unpaired) electrons. The molecule has 0 unspecified atom stereocenters. The smallest absolute Gasteiger partial charge is 0.287 e. The Morgan fingerprint density at radius 2 is 1.93 bits per heavy atom. The monoisotopic (exact) mass is 372 g/mol. The van der Waals surface area contributed by atoms with Crippen molar-refractivity contribution in [3.8, 4) is 11.5 Å². The molecule has 1 aromatic carbocycles. The van der Waals surface area contributed by atoms with E-state index >= 15 is 0 Å². The SMILES string of the molecule is COc1cccc(CNC(=O)c2ccc([C@H](C)N3CCCCC3)o2)c1OC. The maximum Gasteiger partial charge on any atom is 0.287 e. The lowest BCUT2D eigenvalue weighted by Crippen LogP contribution is -2.32. The molecule has 1 atom stereocenters. The van der Waals surface area contributed by atoms with Crippen LogP contribution >= 0.6 is 0 Å². The molecule has 1 aliphatic heterocycles. The van der Waals surface area contributed by atoms with Crippen LogP contribution in [0.1, 0.15) is 54.1 Å². The van der Waals surface area contributed by atoms with Crippen molar-refractivity contribution in [1.29, 1.82) is 0 Å². The number of amides is 1. The number of nitrogens with zero attached hydrogens (tertiary/aromatic N) is 1. The molecule has 2 aromatic rings. The molecule has 1 fully saturated rings. The predicted octanol–water partition coefficient (Wildman–Crippen LogP) is 3.77. The van der Waals surface area contributed by atoms with E-state index in [2.05, 4.69) is 17.1 Å². The second-order valence-electron chi connectivity index (χ2n) is 6.81. The minimum absolute atomic E-state index is 0.185. The summed E-state index contributed by atoms with van der Waals surface area (Å²) in [5, 5.41) is 2.89. The number of para-hydroxylation sites is 1. The third-order valence-corrected chi connectivity index (χ3v) is 5.12. The number of furan rings is 1. The topological polar surface area (TPSA) is 63.9 Å². The molecule has 27 heavy (non-hydrogen) atoms. The number of carbonyl (C=O) groups is 1. The number of ether oxygens (including phenoxy) is 2. The van der Waals surface area contributed by atoms with Crippen molar-refractivity contribution in [1.82, 2.24) is 10.2 Å². The van der Waals surface area contributed by atoms with Gasteiger partial charge in [0.25, 0.3) is 5.91 Å². The zero-order valence-corrected chi connectivity index (χ0v) is 16.3. The Hall–Kier alpha value is -2.47. The second kappa shape index (κ2) is 8.95. The molecule has 2 heterocycles. The van der Waals surface area contributed by atoms with Crippen molar-refractivity contribution < 1.29 is 18.7 Å². The summed E-state index contributed by atoms with van der Waals surface area (Å²) in [6.07, 6.45) is 3.74. The van der Waals surface area contributed by atoms with Crippen LogP contribution in [0.3, 0.4) is 0 Å². The fourth-order valence-corrected chi connectivity index (χ4v) is 3.54. The van der Waals surface area contributed by atoms with Gasteiger partial charge in [-0.1, -0.05) is 18.6 Å². The van der Waals surface area contributed by atoms with E-state index in [9.17, 15) is 4.79 Å². The molecule has 1 N–H and O–H groups in total. The first-order valence-corrected chi connectivity index (χ1v) is 9.46. The average molecular weight is 372 g/mol. The van der Waals surface area contributed by atoms with Gasteiger partial charge >= 0.3 is 0 Å². The Morgan fingerprint density at radius 3 is 2.63 bits per heavy atom. The number of likely N-dealkylation sites (tertiary alicyclic amines) is 1. The Balaban J connectivity index is 1.63. The number of rotatable bonds is 7. The zero-order valence-electron chi connectivity index (χ0n) is 16.3. The summed E-state index contributed by atoms with van der Waals surface area (Å²) in [7, 11) is 3.18. The molecule has 1 aromatic heterocycles. The highest BCUT2D eigenvalue weighted by Crippen LogP contribution is 2.30. The second-order valence-corrected chi connectivity index (χ2v) is 6.81. The van der Waals surface area contributed by atoms with Crippen LogP contribution in [0.5, 0.6) is 11.5 Å². The van der Waals surface area contributed by atoms with Gasteiger partial charge in [-0.15, -0.1) is 0 Å². The van der Waals surface area contributed by atoms with Crippen LogP contribution in [0.15, 0.2) is 34.7 Å². The van der Waals surface area contributed by atoms with Crippen LogP contribution in [-0.4, -0.2) is 38.1 Å². The van der Waals surface area contributed by atoms with Crippen molar-refractivity contribution in [2.75, 3.05) is 27.3 Å². The molecule has 146 valence electrons. The number of nitrogens with one attached hydrogen (secondary N) is 1. The number of carbonyl (C=O) groups excluding carboxylic acids is 1. The van der Waals surface area contributed by atoms with Crippen molar-refractivity contribution in [3.63, 3.8) is 0 Å². The van der Waals surface area contributed by atoms with Gasteiger partial charge in [-0.2, -0.15) is 0 Å². The van der Waals surface area contributed by atoms with Gasteiger partial charge in [-0.3, -0.25) is 9.69 Å². The quantitative estimate of drug-likeness (QED) is 0.801. The lowest BCUT2D eigenvalue weighted by Gasteiger charge is -2.31. The number of hydrogen-bond donors (Lipinski definition) is 1. The molecule has 0 saturated carbocycles. The molecule has 1 saturated heterocycles. The maximum absolute atomic E-state index is 12.5. The molecule has 1 aliphatic rings. The molecule has 0 aliphatic carbocycles. The Labute approximate surface area is 160 Å². The van der Waals surface area contributed by atoms with E-state index in [-0.39, 0.29) is 11.9 Å². The number of piperidine rings is 1. The summed E-state index contributed by atoms with van der Waals surface area (Å²) in [5.74, 6) is 2.19. The molecular weight excluding hydrogens is 344 g/mol. The van der Waals surface area contributed by atoms with Gasteiger partial charge in [-0.05, 0) is 51.1 Å². The van der Waals surface area contributed by atoms with Crippen molar-refractivity contribution in [2.45, 2.75) is 38.8 Å². The molecule has 6 nitrogen and oxygen atoms in total. The van der Waals surface area contributed by atoms with Crippen LogP contribution in [0.2, 0.25) is 0 Å². The van der Waals surface area contributed by atoms with Crippen molar-refractivity contribution >= 4 is 5.91 Å². The minimum atomic E-state index is -0.239. The summed E-state index contributed by atoms with van der Waals surface area (Å²) in [5.41, 5.74) is 0.846. The van der Waals surface area contributed by atoms with E-state index in [0.29, 0.717) is 23.8 Å². The maximum atomic E-state index is 12.5. The van der Waals surface area contributed by atoms with Gasteiger partial charge in [0.2, 0.25) is 0 Å². The third kappa shape index (κ3) is 4.45. The third-order valence-electron chi connectivity index (χ3n) is 5.12. The normalized spacial score (nSPS) is 16.0. The highest BCUT2D eigenvalue weighted by Gasteiger charge is 2.22. The van der Waals surface area contributed by atoms with Gasteiger partial charge in [0.1, 0.15) is 5.76 Å². The highest BCUT2D eigenvalue weighted by atomic mass is 16.5. The summed E-state index contributed by atoms with van der Waals surface area (Å²) in [6, 6.07) is 9.42. The van der Waals surface area contributed by atoms with E-state index < -0.39 is 0 Å². The molecule has 0 bridgehead atoms. The Kier molecular flexibility index (Phi) is 6.40. The lowest BCUT2D eigenvalue weighted by atomic mass is 10.1. The Morgan fingerprint density at radius 1 is 1.15 bits per heavy atom. The molecular formula is C21H28N2O4. The van der Waals surface area contributed by atoms with E-state index in [1.807, 2.05) is 24.3 Å². The number of hydrogen-bond acceptors (Lipinski definition) is 5. The molecule has 6 heteroatoms.